The van der Waals surface area contributed by atoms with E-state index in [0.29, 0.717) is 0 Å². The smallest absolute Gasteiger partial charge is 0.0406 e. The first kappa shape index (κ1) is 18.7. The lowest BCUT2D eigenvalue weighted by Crippen LogP contribution is -2.36. The summed E-state index contributed by atoms with van der Waals surface area (Å²) in [5.74, 6) is 0.906. The number of benzene rings is 1. The van der Waals surface area contributed by atoms with Crippen LogP contribution in [-0.2, 0) is 0 Å². The highest BCUT2D eigenvalue weighted by atomic mass is 35.5. The molecule has 25 heavy (non-hydrogen) atoms. The lowest BCUT2D eigenvalue weighted by atomic mass is 9.92. The van der Waals surface area contributed by atoms with E-state index in [2.05, 4.69) is 41.5 Å². The Balaban J connectivity index is 1.39. The molecule has 0 atom stereocenters. The Bertz CT molecular complexity index is 597. The molecule has 0 N–H and O–H groups in total. The SMILES string of the molecule is C=C(C)CN1CCC(CCN2CC=C(c3ccc(Cl)cc3)CC2)CC1. The summed E-state index contributed by atoms with van der Waals surface area (Å²) in [4.78, 5) is 5.17. The molecule has 0 bridgehead atoms. The van der Waals surface area contributed by atoms with Crippen LogP contribution in [0.1, 0.15) is 38.2 Å². The van der Waals surface area contributed by atoms with Crippen molar-refractivity contribution in [1.82, 2.24) is 9.80 Å². The van der Waals surface area contributed by atoms with E-state index >= 15 is 0 Å². The van der Waals surface area contributed by atoms with Crippen LogP contribution < -0.4 is 0 Å². The second kappa shape index (κ2) is 9.02. The van der Waals surface area contributed by atoms with Crippen LogP contribution in [0.3, 0.4) is 0 Å². The van der Waals surface area contributed by atoms with E-state index < -0.39 is 0 Å². The van der Waals surface area contributed by atoms with Crippen molar-refractivity contribution in [2.24, 2.45) is 5.92 Å². The maximum absolute atomic E-state index is 5.99. The van der Waals surface area contributed by atoms with Gasteiger partial charge >= 0.3 is 0 Å². The molecule has 1 aromatic carbocycles. The molecule has 2 aliphatic rings. The molecule has 2 heterocycles. The van der Waals surface area contributed by atoms with Gasteiger partial charge in [0.1, 0.15) is 0 Å². The highest BCUT2D eigenvalue weighted by Gasteiger charge is 2.20. The van der Waals surface area contributed by atoms with Gasteiger partial charge in [0.05, 0.1) is 0 Å². The third kappa shape index (κ3) is 5.70. The van der Waals surface area contributed by atoms with Gasteiger partial charge in [0.15, 0.2) is 0 Å². The normalized spacial score (nSPS) is 20.5. The molecule has 136 valence electrons. The van der Waals surface area contributed by atoms with Crippen LogP contribution >= 0.6 is 11.6 Å². The quantitative estimate of drug-likeness (QED) is 0.652. The summed E-state index contributed by atoms with van der Waals surface area (Å²) in [6.45, 7) is 13.3. The molecule has 0 aromatic heterocycles. The van der Waals surface area contributed by atoms with Crippen molar-refractivity contribution in [3.05, 3.63) is 53.1 Å². The molecule has 0 saturated carbocycles. The summed E-state index contributed by atoms with van der Waals surface area (Å²) in [6.07, 6.45) is 7.62. The maximum Gasteiger partial charge on any atom is 0.0406 e. The Labute approximate surface area is 158 Å². The predicted octanol–water partition coefficient (Wildman–Crippen LogP) is 5.11. The Morgan fingerprint density at radius 2 is 1.84 bits per heavy atom. The van der Waals surface area contributed by atoms with Gasteiger partial charge in [-0.2, -0.15) is 0 Å². The minimum Gasteiger partial charge on any atom is -0.299 e. The standard InChI is InChI=1S/C22H31ClN2/c1-18(2)17-25-13-8-19(9-14-25)7-12-24-15-10-21(11-16-24)20-3-5-22(23)6-4-20/h3-6,10,19H,1,7-9,11-17H2,2H3. The first-order chi connectivity index (χ1) is 12.1. The van der Waals surface area contributed by atoms with Crippen LogP contribution in [0, 0.1) is 5.92 Å². The molecule has 1 fully saturated rings. The Kier molecular flexibility index (Phi) is 6.75. The zero-order valence-corrected chi connectivity index (χ0v) is 16.3. The number of hydrogen-bond acceptors (Lipinski definition) is 2. The van der Waals surface area contributed by atoms with E-state index in [1.807, 2.05) is 12.1 Å². The van der Waals surface area contributed by atoms with Gasteiger partial charge in [-0.05, 0) is 81.4 Å². The summed E-state index contributed by atoms with van der Waals surface area (Å²) < 4.78 is 0. The largest absolute Gasteiger partial charge is 0.299 e. The molecule has 1 saturated heterocycles. The van der Waals surface area contributed by atoms with Crippen LogP contribution in [0.4, 0.5) is 0 Å². The van der Waals surface area contributed by atoms with Crippen molar-refractivity contribution in [1.29, 1.82) is 0 Å². The molecule has 0 radical (unpaired) electrons. The van der Waals surface area contributed by atoms with E-state index in [1.165, 1.54) is 62.2 Å². The zero-order valence-electron chi connectivity index (χ0n) is 15.5. The van der Waals surface area contributed by atoms with Gasteiger partial charge < -0.3 is 0 Å². The number of halogens is 1. The fourth-order valence-electron chi connectivity index (χ4n) is 4.02. The minimum absolute atomic E-state index is 0.816. The second-order valence-electron chi connectivity index (χ2n) is 7.75. The Hall–Kier alpha value is -1.09. The first-order valence-electron chi connectivity index (χ1n) is 9.64. The predicted molar refractivity (Wildman–Crippen MR) is 109 cm³/mol. The summed E-state index contributed by atoms with van der Waals surface area (Å²) in [5, 5.41) is 0.816. The average Bonchev–Trinajstić information content (AvgIpc) is 2.62. The molecule has 3 heteroatoms. The lowest BCUT2D eigenvalue weighted by Gasteiger charge is -2.34. The van der Waals surface area contributed by atoms with Crippen LogP contribution in [0.2, 0.25) is 5.02 Å². The van der Waals surface area contributed by atoms with Gasteiger partial charge in [-0.15, -0.1) is 0 Å². The summed E-state index contributed by atoms with van der Waals surface area (Å²) >= 11 is 5.99. The van der Waals surface area contributed by atoms with Crippen LogP contribution in [0.15, 0.2) is 42.5 Å². The third-order valence-electron chi connectivity index (χ3n) is 5.56. The lowest BCUT2D eigenvalue weighted by molar-refractivity contribution is 0.175. The molecule has 0 spiro atoms. The highest BCUT2D eigenvalue weighted by Crippen LogP contribution is 2.25. The first-order valence-corrected chi connectivity index (χ1v) is 10.0. The van der Waals surface area contributed by atoms with Crippen molar-refractivity contribution in [2.45, 2.75) is 32.6 Å². The number of nitrogens with zero attached hydrogens (tertiary/aromatic N) is 2. The molecular formula is C22H31ClN2. The monoisotopic (exact) mass is 358 g/mol. The molecule has 2 nitrogen and oxygen atoms in total. The maximum atomic E-state index is 5.99. The topological polar surface area (TPSA) is 6.48 Å². The Morgan fingerprint density at radius 1 is 1.12 bits per heavy atom. The molecule has 3 rings (SSSR count). The van der Waals surface area contributed by atoms with Gasteiger partial charge in [0.2, 0.25) is 0 Å². The van der Waals surface area contributed by atoms with Gasteiger partial charge in [0, 0.05) is 24.7 Å². The van der Waals surface area contributed by atoms with E-state index in [9.17, 15) is 0 Å². The van der Waals surface area contributed by atoms with Crippen molar-refractivity contribution in [3.8, 4) is 0 Å². The number of rotatable bonds is 6. The van der Waals surface area contributed by atoms with Crippen LogP contribution in [0.25, 0.3) is 5.57 Å². The van der Waals surface area contributed by atoms with Crippen molar-refractivity contribution < 1.29 is 0 Å². The fraction of sp³-hybridized carbons (Fsp3) is 0.545. The van der Waals surface area contributed by atoms with Crippen molar-refractivity contribution in [3.63, 3.8) is 0 Å². The van der Waals surface area contributed by atoms with E-state index in [-0.39, 0.29) is 0 Å². The molecule has 0 aliphatic carbocycles. The van der Waals surface area contributed by atoms with Crippen LogP contribution in [-0.4, -0.2) is 49.1 Å². The average molecular weight is 359 g/mol. The van der Waals surface area contributed by atoms with E-state index in [4.69, 9.17) is 11.6 Å². The molecule has 1 aromatic rings. The van der Waals surface area contributed by atoms with Gasteiger partial charge in [-0.3, -0.25) is 9.80 Å². The van der Waals surface area contributed by atoms with E-state index in [1.54, 1.807) is 0 Å². The molecule has 0 amide bonds. The fourth-order valence-corrected chi connectivity index (χ4v) is 4.15. The zero-order chi connectivity index (χ0) is 17.6. The molecule has 0 unspecified atom stereocenters. The Morgan fingerprint density at radius 3 is 2.44 bits per heavy atom. The van der Waals surface area contributed by atoms with E-state index in [0.717, 1.165) is 30.5 Å². The summed E-state index contributed by atoms with van der Waals surface area (Å²) in [7, 11) is 0. The minimum atomic E-state index is 0.816. The number of piperidine rings is 1. The molecule has 2 aliphatic heterocycles. The van der Waals surface area contributed by atoms with Gasteiger partial charge in [-0.25, -0.2) is 0 Å². The third-order valence-corrected chi connectivity index (χ3v) is 5.81. The number of hydrogen-bond donors (Lipinski definition) is 0. The molecular weight excluding hydrogens is 328 g/mol. The van der Waals surface area contributed by atoms with Gasteiger partial charge in [-0.1, -0.05) is 42.0 Å². The summed E-state index contributed by atoms with van der Waals surface area (Å²) in [6, 6.07) is 8.26. The van der Waals surface area contributed by atoms with Crippen LogP contribution in [0.5, 0.6) is 0 Å². The summed E-state index contributed by atoms with van der Waals surface area (Å²) in [5.41, 5.74) is 4.09. The van der Waals surface area contributed by atoms with Gasteiger partial charge in [0.25, 0.3) is 0 Å². The number of likely N-dealkylation sites (tertiary alicyclic amines) is 1. The second-order valence-corrected chi connectivity index (χ2v) is 8.19. The highest BCUT2D eigenvalue weighted by molar-refractivity contribution is 6.30. The van der Waals surface area contributed by atoms with Crippen molar-refractivity contribution in [2.75, 3.05) is 39.3 Å². The van der Waals surface area contributed by atoms with Crippen molar-refractivity contribution >= 4 is 17.2 Å².